The van der Waals surface area contributed by atoms with Gasteiger partial charge in [-0.1, -0.05) is 12.1 Å². The third kappa shape index (κ3) is 4.40. The van der Waals surface area contributed by atoms with E-state index in [0.29, 0.717) is 11.1 Å². The molecule has 1 heterocycles. The molecule has 0 fully saturated rings. The summed E-state index contributed by atoms with van der Waals surface area (Å²) in [7, 11) is -7.40. The molecule has 0 spiro atoms. The Morgan fingerprint density at radius 3 is 2.26 bits per heavy atom. The van der Waals surface area contributed by atoms with E-state index in [4.69, 9.17) is 5.14 Å². The van der Waals surface area contributed by atoms with Crippen molar-refractivity contribution in [1.82, 2.24) is 4.72 Å². The van der Waals surface area contributed by atoms with Crippen LogP contribution in [0.4, 0.5) is 0 Å². The van der Waals surface area contributed by atoms with Crippen LogP contribution in [-0.4, -0.2) is 16.8 Å². The lowest BCUT2D eigenvalue weighted by atomic mass is 10.1. The molecule has 0 saturated heterocycles. The fourth-order valence-corrected chi connectivity index (χ4v) is 6.01. The molecule has 0 saturated carbocycles. The van der Waals surface area contributed by atoms with Gasteiger partial charge in [0.25, 0.3) is 0 Å². The number of nitrogens with two attached hydrogens (primary N) is 1. The van der Waals surface area contributed by atoms with Gasteiger partial charge in [0, 0.05) is 6.54 Å². The van der Waals surface area contributed by atoms with Crippen LogP contribution in [0.3, 0.4) is 0 Å². The Bertz CT molecular complexity index is 930. The number of hydrogen-bond acceptors (Lipinski definition) is 5. The number of sulfonamides is 2. The van der Waals surface area contributed by atoms with Crippen molar-refractivity contribution in [2.75, 3.05) is 0 Å². The highest BCUT2D eigenvalue weighted by Crippen LogP contribution is 2.30. The minimum atomic E-state index is -3.78. The zero-order valence-corrected chi connectivity index (χ0v) is 16.4. The third-order valence-corrected chi connectivity index (χ3v) is 8.19. The van der Waals surface area contributed by atoms with Gasteiger partial charge in [0.2, 0.25) is 20.0 Å². The molecular formula is C13H15BrN2O4S3. The Morgan fingerprint density at radius 1 is 1.13 bits per heavy atom. The molecule has 1 aromatic carbocycles. The summed E-state index contributed by atoms with van der Waals surface area (Å²) in [6.07, 6.45) is 0. The molecule has 2 aromatic rings. The van der Waals surface area contributed by atoms with E-state index in [1.807, 2.05) is 6.92 Å². The zero-order valence-electron chi connectivity index (χ0n) is 12.3. The first-order valence-corrected chi connectivity index (χ1v) is 11.0. The number of nitrogens with one attached hydrogen (secondary N) is 1. The van der Waals surface area contributed by atoms with Crippen molar-refractivity contribution in [2.24, 2.45) is 5.14 Å². The molecule has 3 N–H and O–H groups in total. The van der Waals surface area contributed by atoms with Crippen LogP contribution in [0.25, 0.3) is 0 Å². The van der Waals surface area contributed by atoms with Crippen LogP contribution in [-0.2, 0) is 26.6 Å². The molecule has 0 unspecified atom stereocenters. The zero-order chi connectivity index (χ0) is 17.4. The average Bonchev–Trinajstić information content (AvgIpc) is 2.76. The van der Waals surface area contributed by atoms with Crippen LogP contribution in [0.5, 0.6) is 0 Å². The maximum Gasteiger partial charge on any atom is 0.250 e. The summed E-state index contributed by atoms with van der Waals surface area (Å²) in [6, 6.07) is 6.09. The molecule has 10 heteroatoms. The SMILES string of the molecule is Cc1cc(CNS(=O)(=O)c2cc(C)c(Br)s2)ccc1S(N)(=O)=O. The lowest BCUT2D eigenvalue weighted by Crippen LogP contribution is -2.22. The lowest BCUT2D eigenvalue weighted by molar-refractivity contribution is 0.583. The first kappa shape index (κ1) is 18.6. The Hall–Kier alpha value is -0.780. The second-order valence-electron chi connectivity index (χ2n) is 4.99. The fraction of sp³-hybridized carbons (Fsp3) is 0.231. The summed E-state index contributed by atoms with van der Waals surface area (Å²) < 4.78 is 50.7. The molecule has 0 radical (unpaired) electrons. The second kappa shape index (κ2) is 6.61. The van der Waals surface area contributed by atoms with Gasteiger partial charge in [-0.15, -0.1) is 11.3 Å². The molecule has 126 valence electrons. The van der Waals surface area contributed by atoms with E-state index in [1.165, 1.54) is 12.1 Å². The van der Waals surface area contributed by atoms with E-state index in [9.17, 15) is 16.8 Å². The molecule has 0 aliphatic heterocycles. The number of benzene rings is 1. The maximum absolute atomic E-state index is 12.2. The molecule has 2 rings (SSSR count). The van der Waals surface area contributed by atoms with E-state index in [0.717, 1.165) is 20.7 Å². The highest BCUT2D eigenvalue weighted by molar-refractivity contribution is 9.11. The van der Waals surface area contributed by atoms with Crippen molar-refractivity contribution < 1.29 is 16.8 Å². The monoisotopic (exact) mass is 438 g/mol. The Balaban J connectivity index is 2.19. The van der Waals surface area contributed by atoms with Crippen molar-refractivity contribution >= 4 is 47.3 Å². The first-order valence-electron chi connectivity index (χ1n) is 6.38. The van der Waals surface area contributed by atoms with Crippen LogP contribution in [0, 0.1) is 13.8 Å². The van der Waals surface area contributed by atoms with Crippen molar-refractivity contribution in [3.8, 4) is 0 Å². The summed E-state index contributed by atoms with van der Waals surface area (Å²) in [5.41, 5.74) is 1.97. The van der Waals surface area contributed by atoms with Crippen LogP contribution >= 0.6 is 27.3 Å². The normalized spacial score (nSPS) is 12.5. The van der Waals surface area contributed by atoms with E-state index < -0.39 is 20.0 Å². The second-order valence-corrected chi connectivity index (χ2v) is 10.9. The predicted octanol–water partition coefficient (Wildman–Crippen LogP) is 2.25. The topological polar surface area (TPSA) is 106 Å². The van der Waals surface area contributed by atoms with Crippen molar-refractivity contribution in [2.45, 2.75) is 29.5 Å². The molecule has 0 bridgehead atoms. The van der Waals surface area contributed by atoms with E-state index in [-0.39, 0.29) is 15.6 Å². The predicted molar refractivity (Wildman–Crippen MR) is 93.3 cm³/mol. The summed E-state index contributed by atoms with van der Waals surface area (Å²) in [5, 5.41) is 5.10. The largest absolute Gasteiger partial charge is 0.250 e. The molecule has 23 heavy (non-hydrogen) atoms. The molecule has 6 nitrogen and oxygen atoms in total. The summed E-state index contributed by atoms with van der Waals surface area (Å²) in [6.45, 7) is 3.48. The number of aryl methyl sites for hydroxylation is 2. The Morgan fingerprint density at radius 2 is 1.78 bits per heavy atom. The highest BCUT2D eigenvalue weighted by atomic mass is 79.9. The van der Waals surface area contributed by atoms with Gasteiger partial charge < -0.3 is 0 Å². The minimum Gasteiger partial charge on any atom is -0.225 e. The summed E-state index contributed by atoms with van der Waals surface area (Å²) in [5.74, 6) is 0. The number of rotatable bonds is 5. The van der Waals surface area contributed by atoms with Crippen LogP contribution < -0.4 is 9.86 Å². The quantitative estimate of drug-likeness (QED) is 0.745. The van der Waals surface area contributed by atoms with E-state index in [1.54, 1.807) is 19.1 Å². The van der Waals surface area contributed by atoms with Gasteiger partial charge >= 0.3 is 0 Å². The van der Waals surface area contributed by atoms with Crippen molar-refractivity contribution in [3.05, 3.63) is 44.7 Å². The van der Waals surface area contributed by atoms with Crippen molar-refractivity contribution in [3.63, 3.8) is 0 Å². The average molecular weight is 439 g/mol. The summed E-state index contributed by atoms with van der Waals surface area (Å²) >= 11 is 4.43. The van der Waals surface area contributed by atoms with Gasteiger partial charge in [-0.3, -0.25) is 0 Å². The number of thiophene rings is 1. The first-order chi connectivity index (χ1) is 10.5. The van der Waals surface area contributed by atoms with Crippen LogP contribution in [0.1, 0.15) is 16.7 Å². The fourth-order valence-electron chi connectivity index (χ4n) is 1.95. The van der Waals surface area contributed by atoms with Gasteiger partial charge in [-0.2, -0.15) is 0 Å². The van der Waals surface area contributed by atoms with E-state index in [2.05, 4.69) is 20.7 Å². The molecule has 1 aromatic heterocycles. The Kier molecular flexibility index (Phi) is 5.34. The van der Waals surface area contributed by atoms with Crippen molar-refractivity contribution in [1.29, 1.82) is 0 Å². The number of halogens is 1. The minimum absolute atomic E-state index is 0.0296. The summed E-state index contributed by atoms with van der Waals surface area (Å²) in [4.78, 5) is 0.0296. The lowest BCUT2D eigenvalue weighted by Gasteiger charge is -2.08. The van der Waals surface area contributed by atoms with Crippen LogP contribution in [0.2, 0.25) is 0 Å². The Labute approximate surface area is 148 Å². The standard InChI is InChI=1S/C13H15BrN2O4S3/c1-8-5-10(3-4-11(8)22(15,17)18)7-16-23(19,20)12-6-9(2)13(14)21-12/h3-6,16H,7H2,1-2H3,(H2,15,17,18). The molecular weight excluding hydrogens is 424 g/mol. The molecule has 0 aliphatic rings. The molecule has 0 aliphatic carbocycles. The van der Waals surface area contributed by atoms with Gasteiger partial charge in [-0.25, -0.2) is 26.7 Å². The molecule has 0 atom stereocenters. The smallest absolute Gasteiger partial charge is 0.225 e. The third-order valence-electron chi connectivity index (χ3n) is 3.11. The molecule has 0 amide bonds. The van der Waals surface area contributed by atoms with Gasteiger partial charge in [-0.05, 0) is 58.6 Å². The highest BCUT2D eigenvalue weighted by Gasteiger charge is 2.18. The van der Waals surface area contributed by atoms with Gasteiger partial charge in [0.1, 0.15) is 4.21 Å². The van der Waals surface area contributed by atoms with E-state index >= 15 is 0 Å². The van der Waals surface area contributed by atoms with Gasteiger partial charge in [0.05, 0.1) is 8.68 Å². The van der Waals surface area contributed by atoms with Gasteiger partial charge in [0.15, 0.2) is 0 Å². The number of hydrogen-bond donors (Lipinski definition) is 2. The van der Waals surface area contributed by atoms with Crippen LogP contribution in [0.15, 0.2) is 37.2 Å². The number of primary sulfonamides is 1. The maximum atomic E-state index is 12.2.